The molecule has 0 aromatic heterocycles. The second-order valence-electron chi connectivity index (χ2n) is 4.84. The van der Waals surface area contributed by atoms with Gasteiger partial charge in [-0.3, -0.25) is 4.90 Å². The van der Waals surface area contributed by atoms with Crippen LogP contribution in [-0.2, 0) is 6.54 Å². The fraction of sp³-hybridized carbons (Fsp3) is 0.500. The van der Waals surface area contributed by atoms with E-state index in [2.05, 4.69) is 23.0 Å². The predicted octanol–water partition coefficient (Wildman–Crippen LogP) is 2.16. The fourth-order valence-electron chi connectivity index (χ4n) is 2.30. The van der Waals surface area contributed by atoms with Gasteiger partial charge in [0, 0.05) is 18.2 Å². The number of nitrogens with two attached hydrogens (primary N) is 1. The van der Waals surface area contributed by atoms with Gasteiger partial charge in [0.25, 0.3) is 0 Å². The molecule has 1 aliphatic carbocycles. The van der Waals surface area contributed by atoms with Crippen LogP contribution < -0.4 is 5.73 Å². The van der Waals surface area contributed by atoms with Crippen molar-refractivity contribution in [1.29, 1.82) is 0 Å². The van der Waals surface area contributed by atoms with Crippen LogP contribution in [0.1, 0.15) is 37.3 Å². The summed E-state index contributed by atoms with van der Waals surface area (Å²) in [7, 11) is 0. The molecule has 0 amide bonds. The van der Waals surface area contributed by atoms with Gasteiger partial charge in [-0.15, -0.1) is 0 Å². The molecule has 4 nitrogen and oxygen atoms in total. The van der Waals surface area contributed by atoms with Crippen molar-refractivity contribution in [2.75, 3.05) is 6.54 Å². The Hall–Kier alpha value is -1.55. The molecule has 0 unspecified atom stereocenters. The van der Waals surface area contributed by atoms with Crippen molar-refractivity contribution >= 4 is 5.84 Å². The molecule has 1 aromatic rings. The van der Waals surface area contributed by atoms with Crippen molar-refractivity contribution < 1.29 is 5.21 Å². The molecular weight excluding hydrogens is 226 g/mol. The van der Waals surface area contributed by atoms with Crippen LogP contribution >= 0.6 is 0 Å². The zero-order chi connectivity index (χ0) is 13.0. The van der Waals surface area contributed by atoms with Gasteiger partial charge in [-0.1, -0.05) is 36.3 Å². The van der Waals surface area contributed by atoms with Crippen molar-refractivity contribution in [2.24, 2.45) is 10.9 Å². The lowest BCUT2D eigenvalue weighted by Crippen LogP contribution is -2.28. The first-order chi connectivity index (χ1) is 8.76. The van der Waals surface area contributed by atoms with E-state index in [4.69, 9.17) is 10.9 Å². The van der Waals surface area contributed by atoms with Crippen molar-refractivity contribution in [3.8, 4) is 0 Å². The summed E-state index contributed by atoms with van der Waals surface area (Å²) in [5.41, 5.74) is 7.69. The molecule has 2 rings (SSSR count). The molecule has 1 saturated carbocycles. The summed E-state index contributed by atoms with van der Waals surface area (Å²) >= 11 is 0. The average Bonchev–Trinajstić information content (AvgIpc) is 3.22. The zero-order valence-electron chi connectivity index (χ0n) is 10.8. The molecule has 0 saturated heterocycles. The Morgan fingerprint density at radius 3 is 2.78 bits per heavy atom. The summed E-state index contributed by atoms with van der Waals surface area (Å²) < 4.78 is 0. The summed E-state index contributed by atoms with van der Waals surface area (Å²) in [6.07, 6.45) is 3.75. The minimum Gasteiger partial charge on any atom is -0.409 e. The fourth-order valence-corrected chi connectivity index (χ4v) is 2.30. The summed E-state index contributed by atoms with van der Waals surface area (Å²) in [4.78, 5) is 2.49. The molecule has 1 aliphatic rings. The van der Waals surface area contributed by atoms with Gasteiger partial charge in [-0.05, 0) is 31.4 Å². The first-order valence-electron chi connectivity index (χ1n) is 6.56. The molecule has 0 heterocycles. The van der Waals surface area contributed by atoms with Gasteiger partial charge in [-0.25, -0.2) is 0 Å². The Morgan fingerprint density at radius 1 is 1.44 bits per heavy atom. The van der Waals surface area contributed by atoms with E-state index >= 15 is 0 Å². The number of hydrogen-bond acceptors (Lipinski definition) is 3. The largest absolute Gasteiger partial charge is 0.409 e. The zero-order valence-corrected chi connectivity index (χ0v) is 10.8. The van der Waals surface area contributed by atoms with Gasteiger partial charge < -0.3 is 10.9 Å². The van der Waals surface area contributed by atoms with Crippen molar-refractivity contribution in [3.05, 3.63) is 35.4 Å². The molecule has 1 fully saturated rings. The third-order valence-corrected chi connectivity index (χ3v) is 3.35. The van der Waals surface area contributed by atoms with Gasteiger partial charge in [0.1, 0.15) is 0 Å². The topological polar surface area (TPSA) is 61.8 Å². The third kappa shape index (κ3) is 3.01. The van der Waals surface area contributed by atoms with Crippen LogP contribution in [0.3, 0.4) is 0 Å². The van der Waals surface area contributed by atoms with Crippen LogP contribution in [0.4, 0.5) is 0 Å². The van der Waals surface area contributed by atoms with Gasteiger partial charge in [0.2, 0.25) is 0 Å². The minimum absolute atomic E-state index is 0.192. The lowest BCUT2D eigenvalue weighted by Gasteiger charge is -2.22. The second kappa shape index (κ2) is 5.87. The predicted molar refractivity (Wildman–Crippen MR) is 72.7 cm³/mol. The Kier molecular flexibility index (Phi) is 4.20. The SMILES string of the molecule is CCCN(Cc1ccccc1/C(N)=N/O)C1CC1. The Labute approximate surface area is 108 Å². The van der Waals surface area contributed by atoms with E-state index in [1.165, 1.54) is 12.8 Å². The summed E-state index contributed by atoms with van der Waals surface area (Å²) in [5, 5.41) is 11.9. The van der Waals surface area contributed by atoms with Crippen LogP contribution in [0, 0.1) is 0 Å². The number of nitrogens with zero attached hydrogens (tertiary/aromatic N) is 2. The van der Waals surface area contributed by atoms with E-state index < -0.39 is 0 Å². The first-order valence-corrected chi connectivity index (χ1v) is 6.56. The lowest BCUT2D eigenvalue weighted by molar-refractivity contribution is 0.255. The number of hydrogen-bond donors (Lipinski definition) is 2. The molecule has 0 bridgehead atoms. The minimum atomic E-state index is 0.192. The molecule has 18 heavy (non-hydrogen) atoms. The monoisotopic (exact) mass is 247 g/mol. The van der Waals surface area contributed by atoms with Crippen LogP contribution in [0.15, 0.2) is 29.4 Å². The molecule has 3 N–H and O–H groups in total. The average molecular weight is 247 g/mol. The van der Waals surface area contributed by atoms with Crippen LogP contribution in [0.25, 0.3) is 0 Å². The molecular formula is C14H21N3O. The molecule has 4 heteroatoms. The molecule has 1 aromatic carbocycles. The highest BCUT2D eigenvalue weighted by atomic mass is 16.4. The van der Waals surface area contributed by atoms with Crippen LogP contribution in [-0.4, -0.2) is 28.5 Å². The first kappa shape index (κ1) is 12.9. The van der Waals surface area contributed by atoms with Gasteiger partial charge in [-0.2, -0.15) is 0 Å². The number of benzene rings is 1. The maximum absolute atomic E-state index is 8.82. The highest BCUT2D eigenvalue weighted by Crippen LogP contribution is 2.28. The molecule has 0 aliphatic heterocycles. The van der Waals surface area contributed by atoms with E-state index in [0.717, 1.165) is 36.7 Å². The van der Waals surface area contributed by atoms with Crippen molar-refractivity contribution in [2.45, 2.75) is 38.8 Å². The van der Waals surface area contributed by atoms with Crippen LogP contribution in [0.5, 0.6) is 0 Å². The highest BCUT2D eigenvalue weighted by molar-refractivity contribution is 5.98. The standard InChI is InChI=1S/C14H21N3O/c1-2-9-17(12-7-8-12)10-11-5-3-4-6-13(11)14(15)16-18/h3-6,12,18H,2,7-10H2,1H3,(H2,15,16). The summed E-state index contributed by atoms with van der Waals surface area (Å²) in [6, 6.07) is 8.60. The third-order valence-electron chi connectivity index (χ3n) is 3.35. The Morgan fingerprint density at radius 2 is 2.17 bits per heavy atom. The maximum atomic E-state index is 8.82. The van der Waals surface area contributed by atoms with Gasteiger partial charge in [0.15, 0.2) is 5.84 Å². The van der Waals surface area contributed by atoms with Crippen LogP contribution in [0.2, 0.25) is 0 Å². The smallest absolute Gasteiger partial charge is 0.170 e. The number of amidine groups is 1. The number of rotatable bonds is 6. The summed E-state index contributed by atoms with van der Waals surface area (Å²) in [6.45, 7) is 4.19. The van der Waals surface area contributed by atoms with Gasteiger partial charge >= 0.3 is 0 Å². The van der Waals surface area contributed by atoms with Crippen molar-refractivity contribution in [3.63, 3.8) is 0 Å². The molecule has 0 spiro atoms. The van der Waals surface area contributed by atoms with E-state index in [9.17, 15) is 0 Å². The molecule has 98 valence electrons. The summed E-state index contributed by atoms with van der Waals surface area (Å²) in [5.74, 6) is 0.192. The Bertz CT molecular complexity index is 427. The van der Waals surface area contributed by atoms with E-state index in [1.54, 1.807) is 0 Å². The van der Waals surface area contributed by atoms with Crippen molar-refractivity contribution in [1.82, 2.24) is 4.90 Å². The van der Waals surface area contributed by atoms with E-state index in [1.807, 2.05) is 18.2 Å². The van der Waals surface area contributed by atoms with E-state index in [-0.39, 0.29) is 5.84 Å². The molecule has 0 radical (unpaired) electrons. The maximum Gasteiger partial charge on any atom is 0.170 e. The van der Waals surface area contributed by atoms with Gasteiger partial charge in [0.05, 0.1) is 0 Å². The Balaban J connectivity index is 2.16. The highest BCUT2D eigenvalue weighted by Gasteiger charge is 2.28. The quantitative estimate of drug-likeness (QED) is 0.350. The lowest BCUT2D eigenvalue weighted by atomic mass is 10.1. The normalized spacial score (nSPS) is 16.2. The van der Waals surface area contributed by atoms with E-state index in [0.29, 0.717) is 0 Å². The molecule has 0 atom stereocenters. The second-order valence-corrected chi connectivity index (χ2v) is 4.84. The number of oxime groups is 1.